The number of fused-ring (bicyclic) bond motifs is 1. The van der Waals surface area contributed by atoms with Crippen LogP contribution in [0.25, 0.3) is 10.8 Å². The number of rotatable bonds is 8. The van der Waals surface area contributed by atoms with Gasteiger partial charge in [-0.2, -0.15) is 5.10 Å². The van der Waals surface area contributed by atoms with Gasteiger partial charge in [0.1, 0.15) is 0 Å². The van der Waals surface area contributed by atoms with Gasteiger partial charge in [-0.05, 0) is 22.4 Å². The van der Waals surface area contributed by atoms with E-state index in [-0.39, 0.29) is 11.7 Å². The van der Waals surface area contributed by atoms with Crippen LogP contribution in [-0.2, 0) is 10.5 Å². The van der Waals surface area contributed by atoms with E-state index in [2.05, 4.69) is 57.1 Å². The van der Waals surface area contributed by atoms with E-state index in [1.54, 1.807) is 30.0 Å². The summed E-state index contributed by atoms with van der Waals surface area (Å²) in [6.07, 6.45) is 1.46. The van der Waals surface area contributed by atoms with Crippen LogP contribution >= 0.6 is 58.1 Å². The lowest BCUT2D eigenvalue weighted by Gasteiger charge is -2.04. The number of carbonyl (C=O) groups excluding carboxylic acids is 1. The molecule has 5 nitrogen and oxygen atoms in total. The molecule has 0 saturated carbocycles. The van der Waals surface area contributed by atoms with Crippen LogP contribution in [0.1, 0.15) is 11.1 Å². The minimum Gasteiger partial charge on any atom is -0.272 e. The van der Waals surface area contributed by atoms with E-state index in [9.17, 15) is 4.79 Å². The standard InChI is InChI=1S/C22H16Cl2N4OS3/c23-18-10-4-7-15(20(18)24)11-25-26-19(29)13-31-22-28-27-21(32-22)30-12-16-8-3-6-14-5-1-2-9-17(14)16/h1-11H,12-13H2,(H,26,29). The molecule has 0 saturated heterocycles. The number of hydrogen-bond donors (Lipinski definition) is 1. The lowest BCUT2D eigenvalue weighted by molar-refractivity contribution is -0.118. The fourth-order valence-corrected chi connectivity index (χ4v) is 6.00. The summed E-state index contributed by atoms with van der Waals surface area (Å²) < 4.78 is 1.61. The second-order valence-electron chi connectivity index (χ2n) is 6.49. The monoisotopic (exact) mass is 518 g/mol. The van der Waals surface area contributed by atoms with Gasteiger partial charge in [-0.15, -0.1) is 10.2 Å². The smallest absolute Gasteiger partial charge is 0.250 e. The average molecular weight is 520 g/mol. The summed E-state index contributed by atoms with van der Waals surface area (Å²) in [5, 5.41) is 15.6. The molecule has 0 unspecified atom stereocenters. The molecule has 32 heavy (non-hydrogen) atoms. The largest absolute Gasteiger partial charge is 0.272 e. The Morgan fingerprint density at radius 1 is 1.00 bits per heavy atom. The molecule has 10 heteroatoms. The summed E-state index contributed by atoms with van der Waals surface area (Å²) in [5.74, 6) is 0.745. The second kappa shape index (κ2) is 11.2. The Morgan fingerprint density at radius 3 is 2.62 bits per heavy atom. The van der Waals surface area contributed by atoms with Gasteiger partial charge in [0.15, 0.2) is 8.68 Å². The number of hydrogen-bond acceptors (Lipinski definition) is 7. The molecule has 1 amide bonds. The number of nitrogens with zero attached hydrogens (tertiary/aromatic N) is 3. The minimum absolute atomic E-state index is 0.184. The molecule has 1 aromatic heterocycles. The first-order valence-corrected chi connectivity index (χ1v) is 13.0. The maximum atomic E-state index is 12.0. The van der Waals surface area contributed by atoms with Crippen molar-refractivity contribution in [2.24, 2.45) is 5.10 Å². The summed E-state index contributed by atoms with van der Waals surface area (Å²) in [6.45, 7) is 0. The van der Waals surface area contributed by atoms with Crippen molar-refractivity contribution in [2.75, 3.05) is 5.75 Å². The Balaban J connectivity index is 1.26. The quantitative estimate of drug-likeness (QED) is 0.163. The molecular formula is C22H16Cl2N4OS3. The zero-order valence-corrected chi connectivity index (χ0v) is 20.5. The molecule has 0 aliphatic rings. The maximum Gasteiger partial charge on any atom is 0.250 e. The fraction of sp³-hybridized carbons (Fsp3) is 0.0909. The summed E-state index contributed by atoms with van der Waals surface area (Å²) >= 11 is 16.5. The van der Waals surface area contributed by atoms with Crippen molar-refractivity contribution in [3.63, 3.8) is 0 Å². The van der Waals surface area contributed by atoms with E-state index < -0.39 is 0 Å². The van der Waals surface area contributed by atoms with Crippen LogP contribution in [0.15, 0.2) is 74.4 Å². The summed E-state index contributed by atoms with van der Waals surface area (Å²) in [5.41, 5.74) is 4.37. The average Bonchev–Trinajstić information content (AvgIpc) is 3.27. The fourth-order valence-electron chi connectivity index (χ4n) is 2.83. The van der Waals surface area contributed by atoms with Crippen LogP contribution < -0.4 is 5.43 Å². The van der Waals surface area contributed by atoms with Crippen molar-refractivity contribution >= 4 is 81.0 Å². The molecule has 0 atom stereocenters. The van der Waals surface area contributed by atoms with Gasteiger partial charge in [0.05, 0.1) is 22.0 Å². The zero-order chi connectivity index (χ0) is 22.3. The molecule has 0 spiro atoms. The van der Waals surface area contributed by atoms with E-state index in [1.165, 1.54) is 45.6 Å². The molecule has 162 valence electrons. The first-order chi connectivity index (χ1) is 15.6. The predicted octanol–water partition coefficient (Wildman–Crippen LogP) is 6.53. The summed E-state index contributed by atoms with van der Waals surface area (Å²) in [7, 11) is 0. The Labute approximate surface area is 207 Å². The van der Waals surface area contributed by atoms with Crippen LogP contribution in [0.3, 0.4) is 0 Å². The zero-order valence-electron chi connectivity index (χ0n) is 16.5. The normalized spacial score (nSPS) is 11.3. The topological polar surface area (TPSA) is 67.2 Å². The van der Waals surface area contributed by atoms with Crippen LogP contribution in [0.5, 0.6) is 0 Å². The third kappa shape index (κ3) is 6.02. The van der Waals surface area contributed by atoms with Crippen molar-refractivity contribution in [3.05, 3.63) is 81.8 Å². The van der Waals surface area contributed by atoms with Gasteiger partial charge in [0.25, 0.3) is 5.91 Å². The number of halogens is 2. The van der Waals surface area contributed by atoms with Crippen molar-refractivity contribution in [2.45, 2.75) is 14.4 Å². The highest BCUT2D eigenvalue weighted by atomic mass is 35.5. The van der Waals surface area contributed by atoms with Crippen molar-refractivity contribution in [1.29, 1.82) is 0 Å². The molecule has 4 aromatic rings. The highest BCUT2D eigenvalue weighted by Crippen LogP contribution is 2.32. The number of amides is 1. The molecule has 0 aliphatic carbocycles. The van der Waals surface area contributed by atoms with E-state index >= 15 is 0 Å². The van der Waals surface area contributed by atoms with Gasteiger partial charge in [0.2, 0.25) is 0 Å². The van der Waals surface area contributed by atoms with E-state index in [0.29, 0.717) is 15.6 Å². The third-order valence-electron chi connectivity index (χ3n) is 4.32. The lowest BCUT2D eigenvalue weighted by Crippen LogP contribution is -2.19. The first kappa shape index (κ1) is 23.1. The first-order valence-electron chi connectivity index (χ1n) is 9.42. The van der Waals surface area contributed by atoms with E-state index in [0.717, 1.165) is 14.4 Å². The van der Waals surface area contributed by atoms with Gasteiger partial charge in [-0.1, -0.05) is 113 Å². The molecule has 3 aromatic carbocycles. The Kier molecular flexibility index (Phi) is 8.05. The summed E-state index contributed by atoms with van der Waals surface area (Å²) in [6, 6.07) is 19.9. The van der Waals surface area contributed by atoms with Crippen LogP contribution in [0.2, 0.25) is 10.0 Å². The molecular weight excluding hydrogens is 503 g/mol. The number of nitrogens with one attached hydrogen (secondary N) is 1. The maximum absolute atomic E-state index is 12.0. The van der Waals surface area contributed by atoms with Crippen molar-refractivity contribution in [3.8, 4) is 0 Å². The van der Waals surface area contributed by atoms with Gasteiger partial charge >= 0.3 is 0 Å². The summed E-state index contributed by atoms with van der Waals surface area (Å²) in [4.78, 5) is 12.0. The number of benzene rings is 3. The number of aromatic nitrogens is 2. The lowest BCUT2D eigenvalue weighted by atomic mass is 10.1. The molecule has 0 fully saturated rings. The van der Waals surface area contributed by atoms with Crippen LogP contribution in [0, 0.1) is 0 Å². The third-order valence-corrected chi connectivity index (χ3v) is 8.39. The number of thioether (sulfide) groups is 2. The molecule has 1 N–H and O–H groups in total. The minimum atomic E-state index is -0.246. The van der Waals surface area contributed by atoms with Gasteiger partial charge in [0, 0.05) is 11.3 Å². The van der Waals surface area contributed by atoms with E-state index in [1.807, 2.05) is 6.07 Å². The van der Waals surface area contributed by atoms with Crippen LogP contribution in [-0.4, -0.2) is 28.1 Å². The van der Waals surface area contributed by atoms with Gasteiger partial charge in [-0.25, -0.2) is 5.43 Å². The Hall–Kier alpha value is -2.10. The highest BCUT2D eigenvalue weighted by molar-refractivity contribution is 8.03. The van der Waals surface area contributed by atoms with E-state index in [4.69, 9.17) is 23.2 Å². The number of carbonyl (C=O) groups is 1. The molecule has 4 rings (SSSR count). The SMILES string of the molecule is O=C(CSc1nnc(SCc2cccc3ccccc23)s1)NN=Cc1cccc(Cl)c1Cl. The van der Waals surface area contributed by atoms with Crippen molar-refractivity contribution < 1.29 is 4.79 Å². The Morgan fingerprint density at radius 2 is 1.75 bits per heavy atom. The van der Waals surface area contributed by atoms with Crippen molar-refractivity contribution in [1.82, 2.24) is 15.6 Å². The van der Waals surface area contributed by atoms with Gasteiger partial charge < -0.3 is 0 Å². The molecule has 0 radical (unpaired) electrons. The molecule has 0 bridgehead atoms. The molecule has 1 heterocycles. The number of hydrazone groups is 1. The predicted molar refractivity (Wildman–Crippen MR) is 136 cm³/mol. The molecule has 0 aliphatic heterocycles. The second-order valence-corrected chi connectivity index (χ2v) is 10.7. The van der Waals surface area contributed by atoms with Gasteiger partial charge in [-0.3, -0.25) is 4.79 Å². The van der Waals surface area contributed by atoms with Crippen LogP contribution in [0.4, 0.5) is 0 Å². The Bertz CT molecular complexity index is 1270. The highest BCUT2D eigenvalue weighted by Gasteiger charge is 2.10.